The first-order valence-electron chi connectivity index (χ1n) is 7.83. The average molecular weight is 402 g/mol. The van der Waals surface area contributed by atoms with Crippen LogP contribution in [-0.2, 0) is 9.53 Å². The molecule has 0 radical (unpaired) electrons. The van der Waals surface area contributed by atoms with Gasteiger partial charge < -0.3 is 9.15 Å². The summed E-state index contributed by atoms with van der Waals surface area (Å²) in [5, 5.41) is 0.966. The smallest absolute Gasteiger partial charge is 0.363 e. The maximum absolute atomic E-state index is 13.3. The highest BCUT2D eigenvalue weighted by Crippen LogP contribution is 2.32. The van der Waals surface area contributed by atoms with Crippen LogP contribution in [0.4, 0.5) is 4.39 Å². The second-order valence-corrected chi connectivity index (χ2v) is 6.52. The summed E-state index contributed by atoms with van der Waals surface area (Å²) in [5.74, 6) is -0.134. The summed E-state index contributed by atoms with van der Waals surface area (Å²) in [4.78, 5) is 16.2. The number of halogens is 3. The monoisotopic (exact) mass is 401 g/mol. The van der Waals surface area contributed by atoms with Crippen LogP contribution in [0.15, 0.2) is 69.7 Å². The summed E-state index contributed by atoms with van der Waals surface area (Å²) in [6.07, 6.45) is 1.45. The summed E-state index contributed by atoms with van der Waals surface area (Å²) < 4.78 is 24.2. The number of rotatable bonds is 3. The van der Waals surface area contributed by atoms with Crippen molar-refractivity contribution in [1.82, 2.24) is 0 Å². The van der Waals surface area contributed by atoms with Gasteiger partial charge >= 0.3 is 5.97 Å². The number of carbonyl (C=O) groups excluding carboxylic acids is 1. The highest BCUT2D eigenvalue weighted by molar-refractivity contribution is 6.36. The summed E-state index contributed by atoms with van der Waals surface area (Å²) in [7, 11) is 0. The fourth-order valence-corrected chi connectivity index (χ4v) is 3.05. The highest BCUT2D eigenvalue weighted by atomic mass is 35.5. The predicted molar refractivity (Wildman–Crippen MR) is 101 cm³/mol. The number of furan rings is 1. The van der Waals surface area contributed by atoms with Gasteiger partial charge in [-0.15, -0.1) is 0 Å². The van der Waals surface area contributed by atoms with Gasteiger partial charge in [0.2, 0.25) is 5.90 Å². The molecule has 2 aromatic carbocycles. The van der Waals surface area contributed by atoms with Gasteiger partial charge in [-0.1, -0.05) is 29.3 Å². The van der Waals surface area contributed by atoms with Gasteiger partial charge in [0.05, 0.1) is 5.02 Å². The van der Waals surface area contributed by atoms with Crippen molar-refractivity contribution in [1.29, 1.82) is 0 Å². The Morgan fingerprint density at radius 1 is 1.04 bits per heavy atom. The SMILES string of the molecule is O=C1OC(c2cccc(F)c2)=NC1=Cc1ccc(-c2ccc(Cl)cc2Cl)o1. The third-order valence-electron chi connectivity index (χ3n) is 3.79. The molecule has 0 N–H and O–H groups in total. The standard InChI is InChI=1S/C20H10Cl2FNO3/c21-12-4-6-15(16(22)9-12)18-7-5-14(26-18)10-17-20(25)27-19(24-17)11-2-1-3-13(23)8-11/h1-10H. The molecule has 4 rings (SSSR count). The van der Waals surface area contributed by atoms with Crippen LogP contribution in [0.1, 0.15) is 11.3 Å². The average Bonchev–Trinajstić information content (AvgIpc) is 3.23. The number of nitrogens with zero attached hydrogens (tertiary/aromatic N) is 1. The lowest BCUT2D eigenvalue weighted by molar-refractivity contribution is -0.129. The molecule has 0 saturated heterocycles. The minimum absolute atomic E-state index is 0.0401. The third-order valence-corrected chi connectivity index (χ3v) is 4.34. The van der Waals surface area contributed by atoms with Gasteiger partial charge in [-0.3, -0.25) is 0 Å². The number of cyclic esters (lactones) is 1. The molecule has 0 unspecified atom stereocenters. The fourth-order valence-electron chi connectivity index (χ4n) is 2.55. The normalized spacial score (nSPS) is 15.1. The molecule has 1 aliphatic rings. The van der Waals surface area contributed by atoms with Gasteiger partial charge in [0.15, 0.2) is 5.70 Å². The minimum atomic E-state index is -0.642. The van der Waals surface area contributed by atoms with Gasteiger partial charge in [-0.05, 0) is 48.5 Å². The number of aliphatic imine (C=N–C) groups is 1. The first kappa shape index (κ1) is 17.5. The zero-order chi connectivity index (χ0) is 19.0. The maximum Gasteiger partial charge on any atom is 0.363 e. The van der Waals surface area contributed by atoms with Crippen molar-refractivity contribution in [3.05, 3.63) is 87.5 Å². The first-order valence-corrected chi connectivity index (χ1v) is 8.59. The molecule has 0 saturated carbocycles. The molecular formula is C20H10Cl2FNO3. The van der Waals surface area contributed by atoms with E-state index in [-0.39, 0.29) is 11.6 Å². The molecule has 0 atom stereocenters. The molecule has 134 valence electrons. The van der Waals surface area contributed by atoms with Crippen molar-refractivity contribution >= 4 is 41.1 Å². The molecule has 0 aliphatic carbocycles. The quantitative estimate of drug-likeness (QED) is 0.415. The van der Waals surface area contributed by atoms with Crippen molar-refractivity contribution in [3.8, 4) is 11.3 Å². The van der Waals surface area contributed by atoms with E-state index in [4.69, 9.17) is 32.4 Å². The summed E-state index contributed by atoms with van der Waals surface area (Å²) in [5.41, 5.74) is 1.10. The molecule has 27 heavy (non-hydrogen) atoms. The van der Waals surface area contributed by atoms with Gasteiger partial charge in [0.25, 0.3) is 0 Å². The molecule has 0 fully saturated rings. The molecular weight excluding hydrogens is 392 g/mol. The Hall–Kier alpha value is -2.89. The van der Waals surface area contributed by atoms with Crippen LogP contribution in [0.2, 0.25) is 10.0 Å². The Morgan fingerprint density at radius 3 is 2.67 bits per heavy atom. The zero-order valence-corrected chi connectivity index (χ0v) is 15.1. The van der Waals surface area contributed by atoms with Crippen LogP contribution in [0.5, 0.6) is 0 Å². The zero-order valence-electron chi connectivity index (χ0n) is 13.6. The van der Waals surface area contributed by atoms with Crippen molar-refractivity contribution in [2.45, 2.75) is 0 Å². The lowest BCUT2D eigenvalue weighted by atomic mass is 10.2. The Labute approximate surface area is 163 Å². The van der Waals surface area contributed by atoms with Crippen molar-refractivity contribution < 1.29 is 18.3 Å². The summed E-state index contributed by atoms with van der Waals surface area (Å²) in [6, 6.07) is 14.1. The minimum Gasteiger partial charge on any atom is -0.457 e. The van der Waals surface area contributed by atoms with Crippen molar-refractivity contribution in [3.63, 3.8) is 0 Å². The van der Waals surface area contributed by atoms with Crippen LogP contribution in [0.25, 0.3) is 17.4 Å². The summed E-state index contributed by atoms with van der Waals surface area (Å²) >= 11 is 12.1. The Balaban J connectivity index is 1.64. The molecule has 2 heterocycles. The van der Waals surface area contributed by atoms with Crippen molar-refractivity contribution in [2.24, 2.45) is 4.99 Å². The Morgan fingerprint density at radius 2 is 1.89 bits per heavy atom. The number of hydrogen-bond acceptors (Lipinski definition) is 4. The molecule has 7 heteroatoms. The molecule has 4 nitrogen and oxygen atoms in total. The van der Waals surface area contributed by atoms with Crippen LogP contribution < -0.4 is 0 Å². The van der Waals surface area contributed by atoms with Crippen LogP contribution >= 0.6 is 23.2 Å². The number of esters is 1. The van der Waals surface area contributed by atoms with E-state index in [9.17, 15) is 9.18 Å². The van der Waals surface area contributed by atoms with Crippen LogP contribution in [0, 0.1) is 5.82 Å². The van der Waals surface area contributed by atoms with Crippen molar-refractivity contribution in [2.75, 3.05) is 0 Å². The third kappa shape index (κ3) is 3.65. The van der Waals surface area contributed by atoms with E-state index in [0.717, 1.165) is 0 Å². The molecule has 0 amide bonds. The Bertz CT molecular complexity index is 1120. The van der Waals surface area contributed by atoms with Gasteiger partial charge in [0, 0.05) is 22.2 Å². The number of hydrogen-bond donors (Lipinski definition) is 0. The fraction of sp³-hybridized carbons (Fsp3) is 0. The number of ether oxygens (including phenoxy) is 1. The molecule has 1 aromatic heterocycles. The largest absolute Gasteiger partial charge is 0.457 e. The van der Waals surface area contributed by atoms with E-state index in [0.29, 0.717) is 32.7 Å². The van der Waals surface area contributed by atoms with E-state index in [1.165, 1.54) is 24.3 Å². The van der Waals surface area contributed by atoms with E-state index in [1.807, 2.05) is 0 Å². The van der Waals surface area contributed by atoms with Crippen LogP contribution in [0.3, 0.4) is 0 Å². The topological polar surface area (TPSA) is 51.8 Å². The lowest BCUT2D eigenvalue weighted by Crippen LogP contribution is -2.05. The van der Waals surface area contributed by atoms with Gasteiger partial charge in [0.1, 0.15) is 17.3 Å². The second kappa shape index (κ2) is 7.02. The van der Waals surface area contributed by atoms with Crippen LogP contribution in [-0.4, -0.2) is 11.9 Å². The number of benzene rings is 2. The number of carbonyl (C=O) groups is 1. The van der Waals surface area contributed by atoms with Gasteiger partial charge in [-0.25, -0.2) is 14.2 Å². The van der Waals surface area contributed by atoms with E-state index < -0.39 is 11.8 Å². The molecule has 3 aromatic rings. The lowest BCUT2D eigenvalue weighted by Gasteiger charge is -2.00. The second-order valence-electron chi connectivity index (χ2n) is 5.67. The first-order chi connectivity index (χ1) is 13.0. The highest BCUT2D eigenvalue weighted by Gasteiger charge is 2.25. The summed E-state index contributed by atoms with van der Waals surface area (Å²) in [6.45, 7) is 0. The Kier molecular flexibility index (Phi) is 4.56. The maximum atomic E-state index is 13.3. The molecule has 0 spiro atoms. The molecule has 1 aliphatic heterocycles. The van der Waals surface area contributed by atoms with E-state index >= 15 is 0 Å². The van der Waals surface area contributed by atoms with E-state index in [2.05, 4.69) is 4.99 Å². The molecule has 0 bridgehead atoms. The van der Waals surface area contributed by atoms with E-state index in [1.54, 1.807) is 36.4 Å². The van der Waals surface area contributed by atoms with Gasteiger partial charge in [-0.2, -0.15) is 0 Å². The predicted octanol–water partition coefficient (Wildman–Crippen LogP) is 5.74.